The first-order chi connectivity index (χ1) is 11.9. The molecule has 0 spiro atoms. The second-order valence-corrected chi connectivity index (χ2v) is 6.48. The van der Waals surface area contributed by atoms with Crippen molar-refractivity contribution in [2.45, 2.75) is 0 Å². The maximum atomic E-state index is 6.07. The van der Waals surface area contributed by atoms with Crippen LogP contribution in [0.5, 0.6) is 11.5 Å². The van der Waals surface area contributed by atoms with Crippen molar-refractivity contribution in [3.63, 3.8) is 0 Å². The minimum Gasteiger partial charge on any atom is -0.457 e. The van der Waals surface area contributed by atoms with Crippen molar-refractivity contribution in [3.05, 3.63) is 94.7 Å². The van der Waals surface area contributed by atoms with Gasteiger partial charge in [-0.15, -0.1) is 11.3 Å². The Labute approximate surface area is 145 Å². The molecular weight excluding hydrogens is 312 g/mol. The fourth-order valence-corrected chi connectivity index (χ4v) is 3.24. The molecule has 0 unspecified atom stereocenters. The Morgan fingerprint density at radius 3 is 2.38 bits per heavy atom. The number of ether oxygens (including phenoxy) is 1. The lowest BCUT2D eigenvalue weighted by Gasteiger charge is -2.09. The van der Waals surface area contributed by atoms with Crippen molar-refractivity contribution < 1.29 is 4.74 Å². The molecule has 3 aromatic carbocycles. The molecule has 0 aliphatic heterocycles. The van der Waals surface area contributed by atoms with Crippen LogP contribution in [-0.2, 0) is 0 Å². The van der Waals surface area contributed by atoms with Crippen LogP contribution >= 0.6 is 11.3 Å². The van der Waals surface area contributed by atoms with E-state index in [1.54, 1.807) is 11.3 Å². The van der Waals surface area contributed by atoms with Crippen LogP contribution in [-0.4, -0.2) is 0 Å². The Kier molecular flexibility index (Phi) is 4.13. The number of thiophene rings is 1. The van der Waals surface area contributed by atoms with E-state index in [0.29, 0.717) is 0 Å². The highest BCUT2D eigenvalue weighted by Gasteiger charge is 2.02. The molecule has 0 saturated carbocycles. The van der Waals surface area contributed by atoms with E-state index in [0.717, 1.165) is 22.4 Å². The third-order valence-corrected chi connectivity index (χ3v) is 4.68. The molecule has 0 radical (unpaired) electrons. The first-order valence-corrected chi connectivity index (χ1v) is 8.74. The third-order valence-electron chi connectivity index (χ3n) is 3.84. The Balaban J connectivity index is 1.55. The molecule has 1 nitrogen and oxygen atoms in total. The predicted octanol–water partition coefficient (Wildman–Crippen LogP) is 6.86. The van der Waals surface area contributed by atoms with E-state index in [2.05, 4.69) is 60.0 Å². The van der Waals surface area contributed by atoms with Crippen molar-refractivity contribution >= 4 is 34.3 Å². The number of hydrogen-bond acceptors (Lipinski definition) is 2. The van der Waals surface area contributed by atoms with Gasteiger partial charge in [0.25, 0.3) is 0 Å². The zero-order chi connectivity index (χ0) is 16.2. The average molecular weight is 328 g/mol. The molecule has 24 heavy (non-hydrogen) atoms. The molecule has 0 aliphatic carbocycles. The Hall–Kier alpha value is -2.84. The van der Waals surface area contributed by atoms with Crippen LogP contribution < -0.4 is 4.74 Å². The molecule has 4 rings (SSSR count). The summed E-state index contributed by atoms with van der Waals surface area (Å²) < 4.78 is 6.07. The molecule has 116 valence electrons. The van der Waals surface area contributed by atoms with Crippen molar-refractivity contribution in [2.24, 2.45) is 0 Å². The molecule has 0 bridgehead atoms. The highest BCUT2D eigenvalue weighted by Crippen LogP contribution is 2.30. The zero-order valence-corrected chi connectivity index (χ0v) is 13.9. The number of rotatable bonds is 4. The largest absolute Gasteiger partial charge is 0.457 e. The number of benzene rings is 3. The van der Waals surface area contributed by atoms with Gasteiger partial charge in [0.1, 0.15) is 11.5 Å². The summed E-state index contributed by atoms with van der Waals surface area (Å²) in [5, 5.41) is 4.40. The fourth-order valence-electron chi connectivity index (χ4n) is 2.62. The van der Waals surface area contributed by atoms with Crippen molar-refractivity contribution in [1.82, 2.24) is 0 Å². The molecule has 1 aromatic heterocycles. The van der Waals surface area contributed by atoms with Crippen molar-refractivity contribution in [3.8, 4) is 11.5 Å². The number of fused-ring (bicyclic) bond motifs is 1. The van der Waals surface area contributed by atoms with Gasteiger partial charge in [-0.2, -0.15) is 0 Å². The fraction of sp³-hybridized carbons (Fsp3) is 0. The molecule has 0 amide bonds. The minimum atomic E-state index is 0.847. The van der Waals surface area contributed by atoms with Crippen LogP contribution in [0.4, 0.5) is 0 Å². The highest BCUT2D eigenvalue weighted by atomic mass is 32.1. The van der Waals surface area contributed by atoms with Crippen molar-refractivity contribution in [1.29, 1.82) is 0 Å². The first kappa shape index (κ1) is 14.7. The second-order valence-electron chi connectivity index (χ2n) is 5.50. The number of hydrogen-bond donors (Lipinski definition) is 0. The summed E-state index contributed by atoms with van der Waals surface area (Å²) in [6.45, 7) is 0. The van der Waals surface area contributed by atoms with Crippen LogP contribution in [0, 0.1) is 0 Å². The Morgan fingerprint density at radius 1 is 0.708 bits per heavy atom. The van der Waals surface area contributed by atoms with Gasteiger partial charge in [-0.1, -0.05) is 60.7 Å². The molecule has 2 heteroatoms. The third kappa shape index (κ3) is 3.24. The van der Waals surface area contributed by atoms with Crippen molar-refractivity contribution in [2.75, 3.05) is 0 Å². The average Bonchev–Trinajstić information content (AvgIpc) is 3.15. The highest BCUT2D eigenvalue weighted by molar-refractivity contribution is 7.10. The summed E-state index contributed by atoms with van der Waals surface area (Å²) in [5.74, 6) is 1.73. The second kappa shape index (κ2) is 6.73. The van der Waals surface area contributed by atoms with E-state index in [9.17, 15) is 0 Å². The Morgan fingerprint density at radius 2 is 1.54 bits per heavy atom. The molecule has 0 N–H and O–H groups in total. The van der Waals surface area contributed by atoms with Crippen LogP contribution in [0.3, 0.4) is 0 Å². The quantitative estimate of drug-likeness (QED) is 0.397. The van der Waals surface area contributed by atoms with E-state index >= 15 is 0 Å². The van der Waals surface area contributed by atoms with Crippen LogP contribution in [0.2, 0.25) is 0 Å². The summed E-state index contributed by atoms with van der Waals surface area (Å²) in [5.41, 5.74) is 1.16. The lowest BCUT2D eigenvalue weighted by atomic mass is 10.1. The van der Waals surface area contributed by atoms with Gasteiger partial charge in [-0.25, -0.2) is 0 Å². The van der Waals surface area contributed by atoms with E-state index in [4.69, 9.17) is 4.74 Å². The summed E-state index contributed by atoms with van der Waals surface area (Å²) >= 11 is 1.74. The summed E-state index contributed by atoms with van der Waals surface area (Å²) in [6, 6.07) is 26.7. The monoisotopic (exact) mass is 328 g/mol. The van der Waals surface area contributed by atoms with Crippen LogP contribution in [0.25, 0.3) is 22.9 Å². The van der Waals surface area contributed by atoms with Gasteiger partial charge < -0.3 is 4.74 Å². The van der Waals surface area contributed by atoms with Gasteiger partial charge in [-0.3, -0.25) is 0 Å². The molecule has 1 heterocycles. The van der Waals surface area contributed by atoms with Gasteiger partial charge in [0, 0.05) is 10.3 Å². The van der Waals surface area contributed by atoms with E-state index in [1.807, 2.05) is 36.4 Å². The molecule has 0 fully saturated rings. The topological polar surface area (TPSA) is 9.23 Å². The Bertz CT molecular complexity index is 961. The van der Waals surface area contributed by atoms with Gasteiger partial charge in [-0.05, 0) is 46.7 Å². The molecule has 0 saturated heterocycles. The summed E-state index contributed by atoms with van der Waals surface area (Å²) in [4.78, 5) is 1.26. The summed E-state index contributed by atoms with van der Waals surface area (Å²) in [7, 11) is 0. The molecule has 0 aliphatic rings. The van der Waals surface area contributed by atoms with E-state index in [-0.39, 0.29) is 0 Å². The zero-order valence-electron chi connectivity index (χ0n) is 13.1. The van der Waals surface area contributed by atoms with Gasteiger partial charge >= 0.3 is 0 Å². The molecule has 0 atom stereocenters. The lowest BCUT2D eigenvalue weighted by molar-refractivity contribution is 0.488. The van der Waals surface area contributed by atoms with Crippen LogP contribution in [0.15, 0.2) is 84.2 Å². The van der Waals surface area contributed by atoms with Gasteiger partial charge in [0.2, 0.25) is 0 Å². The lowest BCUT2D eigenvalue weighted by Crippen LogP contribution is -1.85. The minimum absolute atomic E-state index is 0.847. The maximum Gasteiger partial charge on any atom is 0.135 e. The van der Waals surface area contributed by atoms with Crippen LogP contribution in [0.1, 0.15) is 10.4 Å². The first-order valence-electron chi connectivity index (χ1n) is 7.86. The van der Waals surface area contributed by atoms with E-state index < -0.39 is 0 Å². The standard InChI is InChI=1S/C22H16OS/c1-2-8-21-18(5-1)6-3-9-22(21)23-19-13-10-17(11-14-19)12-15-20-7-4-16-24-20/h1-16H/b15-12+. The maximum absolute atomic E-state index is 6.07. The molecule has 4 aromatic rings. The van der Waals surface area contributed by atoms with Gasteiger partial charge in [0.15, 0.2) is 0 Å². The van der Waals surface area contributed by atoms with E-state index in [1.165, 1.54) is 10.3 Å². The predicted molar refractivity (Wildman–Crippen MR) is 104 cm³/mol. The SMILES string of the molecule is C(=C\c1cccs1)/c1ccc(Oc2cccc3ccccc23)cc1. The smallest absolute Gasteiger partial charge is 0.135 e. The van der Waals surface area contributed by atoms with Gasteiger partial charge in [0.05, 0.1) is 0 Å². The normalized spacial score (nSPS) is 11.2. The summed E-state index contributed by atoms with van der Waals surface area (Å²) in [6.07, 6.45) is 4.25. The molecular formula is C22H16OS.